The fraction of sp³-hybridized carbons (Fsp3) is 0.800. The van der Waals surface area contributed by atoms with E-state index in [1.807, 2.05) is 18.8 Å². The molecule has 15 heavy (non-hydrogen) atoms. The molecule has 2 N–H and O–H groups in total. The molecule has 1 atom stereocenters. The number of likely N-dealkylation sites (N-methyl/N-ethyl adjacent to an activating group) is 1. The number of hydrogen-bond acceptors (Lipinski definition) is 4. The molecule has 0 bridgehead atoms. The minimum Gasteiger partial charge on any atom is -0.326 e. The molecule has 0 aliphatic heterocycles. The second kappa shape index (κ2) is 5.23. The van der Waals surface area contributed by atoms with Gasteiger partial charge in [0.05, 0.1) is 0 Å². The van der Waals surface area contributed by atoms with E-state index in [4.69, 9.17) is 5.73 Å². The first-order valence-electron chi connectivity index (χ1n) is 5.29. The molecule has 86 valence electrons. The summed E-state index contributed by atoms with van der Waals surface area (Å²) in [6.45, 7) is 5.05. The van der Waals surface area contributed by atoms with Crippen LogP contribution in [0, 0.1) is 0 Å². The SMILES string of the molecule is CC(C)n1ncnc1CC(N)CN(C)C. The molecule has 0 saturated carbocycles. The minimum absolute atomic E-state index is 0.113. The first kappa shape index (κ1) is 12.1. The Morgan fingerprint density at radius 3 is 2.67 bits per heavy atom. The van der Waals surface area contributed by atoms with Crippen molar-refractivity contribution in [2.24, 2.45) is 5.73 Å². The molecule has 5 heteroatoms. The molecule has 0 aliphatic carbocycles. The van der Waals surface area contributed by atoms with Gasteiger partial charge in [0.2, 0.25) is 0 Å². The van der Waals surface area contributed by atoms with Gasteiger partial charge in [0, 0.05) is 25.0 Å². The van der Waals surface area contributed by atoms with Crippen molar-refractivity contribution in [2.75, 3.05) is 20.6 Å². The first-order valence-corrected chi connectivity index (χ1v) is 5.29. The number of aromatic nitrogens is 3. The first-order chi connectivity index (χ1) is 7.00. The lowest BCUT2D eigenvalue weighted by atomic mass is 10.2. The van der Waals surface area contributed by atoms with Crippen molar-refractivity contribution < 1.29 is 0 Å². The summed E-state index contributed by atoms with van der Waals surface area (Å²) in [5, 5.41) is 4.18. The summed E-state index contributed by atoms with van der Waals surface area (Å²) in [7, 11) is 4.04. The number of hydrogen-bond donors (Lipinski definition) is 1. The zero-order valence-electron chi connectivity index (χ0n) is 10.0. The van der Waals surface area contributed by atoms with Crippen molar-refractivity contribution >= 4 is 0 Å². The van der Waals surface area contributed by atoms with Crippen LogP contribution in [0.15, 0.2) is 6.33 Å². The lowest BCUT2D eigenvalue weighted by Crippen LogP contribution is -2.35. The zero-order valence-corrected chi connectivity index (χ0v) is 10.0. The van der Waals surface area contributed by atoms with E-state index in [1.165, 1.54) is 0 Å². The highest BCUT2D eigenvalue weighted by Crippen LogP contribution is 2.06. The molecule has 1 aromatic heterocycles. The summed E-state index contributed by atoms with van der Waals surface area (Å²) in [4.78, 5) is 6.32. The molecule has 1 unspecified atom stereocenters. The zero-order chi connectivity index (χ0) is 11.4. The third-order valence-electron chi connectivity index (χ3n) is 2.18. The molecule has 1 aromatic rings. The summed E-state index contributed by atoms with van der Waals surface area (Å²) in [5.74, 6) is 0.972. The highest BCUT2D eigenvalue weighted by atomic mass is 15.3. The fourth-order valence-corrected chi connectivity index (χ4v) is 1.62. The Balaban J connectivity index is 2.60. The van der Waals surface area contributed by atoms with Gasteiger partial charge in [-0.05, 0) is 27.9 Å². The fourth-order valence-electron chi connectivity index (χ4n) is 1.62. The van der Waals surface area contributed by atoms with Gasteiger partial charge < -0.3 is 10.6 Å². The van der Waals surface area contributed by atoms with E-state index in [9.17, 15) is 0 Å². The summed E-state index contributed by atoms with van der Waals surface area (Å²) < 4.78 is 1.93. The monoisotopic (exact) mass is 211 g/mol. The van der Waals surface area contributed by atoms with E-state index >= 15 is 0 Å². The van der Waals surface area contributed by atoms with Gasteiger partial charge in [-0.2, -0.15) is 5.10 Å². The lowest BCUT2D eigenvalue weighted by Gasteiger charge is -2.17. The Kier molecular flexibility index (Phi) is 4.23. The van der Waals surface area contributed by atoms with Crippen LogP contribution in [-0.4, -0.2) is 46.3 Å². The maximum absolute atomic E-state index is 6.01. The second-order valence-electron chi connectivity index (χ2n) is 4.44. The molecule has 0 fully saturated rings. The summed E-state index contributed by atoms with van der Waals surface area (Å²) in [6.07, 6.45) is 2.37. The van der Waals surface area contributed by atoms with E-state index in [0.717, 1.165) is 18.8 Å². The lowest BCUT2D eigenvalue weighted by molar-refractivity contribution is 0.364. The van der Waals surface area contributed by atoms with E-state index in [2.05, 4.69) is 28.8 Å². The van der Waals surface area contributed by atoms with Gasteiger partial charge in [-0.3, -0.25) is 0 Å². The quantitative estimate of drug-likeness (QED) is 0.760. The van der Waals surface area contributed by atoms with Gasteiger partial charge in [-0.15, -0.1) is 0 Å². The highest BCUT2D eigenvalue weighted by molar-refractivity contribution is 4.90. The van der Waals surface area contributed by atoms with Crippen molar-refractivity contribution in [2.45, 2.75) is 32.4 Å². The van der Waals surface area contributed by atoms with Gasteiger partial charge in [0.25, 0.3) is 0 Å². The third kappa shape index (κ3) is 3.60. The van der Waals surface area contributed by atoms with Crippen LogP contribution in [0.25, 0.3) is 0 Å². The van der Waals surface area contributed by atoms with Crippen LogP contribution in [-0.2, 0) is 6.42 Å². The van der Waals surface area contributed by atoms with Crippen molar-refractivity contribution in [1.29, 1.82) is 0 Å². The van der Waals surface area contributed by atoms with Gasteiger partial charge in [0.1, 0.15) is 12.2 Å². The molecule has 0 aliphatic rings. The van der Waals surface area contributed by atoms with Crippen LogP contribution >= 0.6 is 0 Å². The number of nitrogens with two attached hydrogens (primary N) is 1. The van der Waals surface area contributed by atoms with Crippen LogP contribution in [0.5, 0.6) is 0 Å². The Morgan fingerprint density at radius 2 is 2.13 bits per heavy atom. The van der Waals surface area contributed by atoms with Crippen LogP contribution in [0.1, 0.15) is 25.7 Å². The molecule has 5 nitrogen and oxygen atoms in total. The van der Waals surface area contributed by atoms with Gasteiger partial charge in [0.15, 0.2) is 0 Å². The Hall–Kier alpha value is -0.940. The Bertz CT molecular complexity index is 292. The van der Waals surface area contributed by atoms with Crippen LogP contribution < -0.4 is 5.73 Å². The predicted octanol–water partition coefficient (Wildman–Crippen LogP) is 0.290. The average Bonchev–Trinajstić information content (AvgIpc) is 2.50. The van der Waals surface area contributed by atoms with Crippen LogP contribution in [0.2, 0.25) is 0 Å². The molecular weight excluding hydrogens is 190 g/mol. The molecule has 0 aromatic carbocycles. The second-order valence-corrected chi connectivity index (χ2v) is 4.44. The normalized spacial score (nSPS) is 13.8. The molecule has 1 heterocycles. The maximum atomic E-state index is 6.01. The Morgan fingerprint density at radius 1 is 1.47 bits per heavy atom. The molecule has 0 saturated heterocycles. The van der Waals surface area contributed by atoms with Crippen LogP contribution in [0.3, 0.4) is 0 Å². The number of rotatable bonds is 5. The van der Waals surface area contributed by atoms with E-state index < -0.39 is 0 Å². The van der Waals surface area contributed by atoms with Gasteiger partial charge in [-0.25, -0.2) is 9.67 Å². The summed E-state index contributed by atoms with van der Waals surface area (Å²) >= 11 is 0. The number of nitrogens with zero attached hydrogens (tertiary/aromatic N) is 4. The topological polar surface area (TPSA) is 60.0 Å². The summed E-state index contributed by atoms with van der Waals surface area (Å²) in [5.41, 5.74) is 6.01. The van der Waals surface area contributed by atoms with Crippen molar-refractivity contribution in [3.05, 3.63) is 12.2 Å². The molecular formula is C10H21N5. The van der Waals surface area contributed by atoms with Crippen molar-refractivity contribution in [3.8, 4) is 0 Å². The minimum atomic E-state index is 0.113. The summed E-state index contributed by atoms with van der Waals surface area (Å²) in [6, 6.07) is 0.454. The third-order valence-corrected chi connectivity index (χ3v) is 2.18. The molecule has 1 rings (SSSR count). The molecule has 0 spiro atoms. The van der Waals surface area contributed by atoms with Crippen LogP contribution in [0.4, 0.5) is 0 Å². The Labute approximate surface area is 91.3 Å². The largest absolute Gasteiger partial charge is 0.326 e. The maximum Gasteiger partial charge on any atom is 0.138 e. The molecule has 0 radical (unpaired) electrons. The standard InChI is InChI=1S/C10H21N5/c1-8(2)15-10(12-7-13-15)5-9(11)6-14(3)4/h7-9H,5-6,11H2,1-4H3. The van der Waals surface area contributed by atoms with E-state index in [-0.39, 0.29) is 6.04 Å². The molecule has 0 amide bonds. The van der Waals surface area contributed by atoms with Crippen molar-refractivity contribution in [1.82, 2.24) is 19.7 Å². The van der Waals surface area contributed by atoms with Crippen molar-refractivity contribution in [3.63, 3.8) is 0 Å². The average molecular weight is 211 g/mol. The van der Waals surface area contributed by atoms with Gasteiger partial charge >= 0.3 is 0 Å². The highest BCUT2D eigenvalue weighted by Gasteiger charge is 2.12. The van der Waals surface area contributed by atoms with Gasteiger partial charge in [-0.1, -0.05) is 0 Å². The van der Waals surface area contributed by atoms with E-state index in [1.54, 1.807) is 6.33 Å². The smallest absolute Gasteiger partial charge is 0.138 e. The van der Waals surface area contributed by atoms with E-state index in [0.29, 0.717) is 6.04 Å². The predicted molar refractivity (Wildman–Crippen MR) is 60.6 cm³/mol.